The minimum atomic E-state index is -0.452. The standard InChI is InChI=1S/C24H30N6O3/c1-18-8-3-4-14-28(18)15-7-12-25-24(31)23-17-21(22-11-6-13-27(22)2)26-29(23)19-9-5-10-20(16-19)30(32)33/h5-6,9-11,13,16-18H,3-4,7-8,12,14-15H2,1-2H3,(H,25,31). The van der Waals surface area contributed by atoms with Crippen LogP contribution in [0.15, 0.2) is 48.7 Å². The van der Waals surface area contributed by atoms with Gasteiger partial charge in [-0.05, 0) is 57.0 Å². The fraction of sp³-hybridized carbons (Fsp3) is 0.417. The van der Waals surface area contributed by atoms with E-state index in [4.69, 9.17) is 0 Å². The molecule has 3 heterocycles. The number of nitrogens with one attached hydrogen (secondary N) is 1. The summed E-state index contributed by atoms with van der Waals surface area (Å²) >= 11 is 0. The molecule has 0 aliphatic carbocycles. The molecule has 1 atom stereocenters. The van der Waals surface area contributed by atoms with Crippen molar-refractivity contribution in [1.29, 1.82) is 0 Å². The van der Waals surface area contributed by atoms with E-state index >= 15 is 0 Å². The maximum atomic E-state index is 13.1. The predicted molar refractivity (Wildman–Crippen MR) is 126 cm³/mol. The van der Waals surface area contributed by atoms with Crippen LogP contribution in [0.3, 0.4) is 0 Å². The molecule has 1 amide bonds. The van der Waals surface area contributed by atoms with E-state index in [0.29, 0.717) is 29.7 Å². The smallest absolute Gasteiger partial charge is 0.271 e. The summed E-state index contributed by atoms with van der Waals surface area (Å²) in [5, 5.41) is 18.9. The van der Waals surface area contributed by atoms with Gasteiger partial charge in [-0.1, -0.05) is 12.5 Å². The van der Waals surface area contributed by atoms with E-state index in [-0.39, 0.29) is 11.6 Å². The van der Waals surface area contributed by atoms with Gasteiger partial charge >= 0.3 is 0 Å². The van der Waals surface area contributed by atoms with Crippen molar-refractivity contribution < 1.29 is 9.72 Å². The van der Waals surface area contributed by atoms with Crippen LogP contribution in [-0.2, 0) is 7.05 Å². The average Bonchev–Trinajstić information content (AvgIpc) is 3.44. The van der Waals surface area contributed by atoms with Gasteiger partial charge in [0.1, 0.15) is 11.4 Å². The summed E-state index contributed by atoms with van der Waals surface area (Å²) in [5.41, 5.74) is 2.24. The highest BCUT2D eigenvalue weighted by Gasteiger charge is 2.21. The Morgan fingerprint density at radius 1 is 1.24 bits per heavy atom. The predicted octanol–water partition coefficient (Wildman–Crippen LogP) is 3.78. The Hall–Kier alpha value is -3.46. The number of aromatic nitrogens is 3. The Bertz CT molecular complexity index is 1130. The summed E-state index contributed by atoms with van der Waals surface area (Å²) in [5.74, 6) is -0.249. The lowest BCUT2D eigenvalue weighted by atomic mass is 10.0. The molecule has 33 heavy (non-hydrogen) atoms. The molecule has 1 aliphatic heterocycles. The highest BCUT2D eigenvalue weighted by atomic mass is 16.6. The molecule has 174 valence electrons. The molecule has 2 aromatic heterocycles. The third-order valence-corrected chi connectivity index (χ3v) is 6.28. The number of non-ortho nitro benzene ring substituents is 1. The first-order valence-corrected chi connectivity index (χ1v) is 11.4. The number of aryl methyl sites for hydroxylation is 1. The molecule has 1 fully saturated rings. The van der Waals surface area contributed by atoms with Crippen molar-refractivity contribution in [3.8, 4) is 17.1 Å². The zero-order valence-electron chi connectivity index (χ0n) is 19.1. The molecular formula is C24H30N6O3. The second-order valence-corrected chi connectivity index (χ2v) is 8.60. The maximum absolute atomic E-state index is 13.1. The first-order chi connectivity index (χ1) is 15.9. The summed E-state index contributed by atoms with van der Waals surface area (Å²) < 4.78 is 3.40. The normalized spacial score (nSPS) is 16.6. The van der Waals surface area contributed by atoms with Crippen LogP contribution >= 0.6 is 0 Å². The minimum Gasteiger partial charge on any atom is -0.351 e. The molecule has 1 saturated heterocycles. The number of nitro benzene ring substituents is 1. The van der Waals surface area contributed by atoms with Gasteiger partial charge in [0.15, 0.2) is 0 Å². The van der Waals surface area contributed by atoms with Gasteiger partial charge in [0, 0.05) is 44.5 Å². The molecule has 3 aromatic rings. The fourth-order valence-electron chi connectivity index (χ4n) is 4.39. The van der Waals surface area contributed by atoms with Crippen molar-refractivity contribution in [2.75, 3.05) is 19.6 Å². The Labute approximate surface area is 193 Å². The average molecular weight is 451 g/mol. The van der Waals surface area contributed by atoms with Gasteiger partial charge in [0.25, 0.3) is 11.6 Å². The summed E-state index contributed by atoms with van der Waals surface area (Å²) in [4.78, 5) is 26.4. The zero-order chi connectivity index (χ0) is 23.4. The molecule has 0 saturated carbocycles. The first-order valence-electron chi connectivity index (χ1n) is 11.4. The molecule has 1 aromatic carbocycles. The lowest BCUT2D eigenvalue weighted by Gasteiger charge is -2.33. The van der Waals surface area contributed by atoms with Crippen molar-refractivity contribution in [1.82, 2.24) is 24.6 Å². The van der Waals surface area contributed by atoms with Crippen LogP contribution in [0.2, 0.25) is 0 Å². The fourth-order valence-corrected chi connectivity index (χ4v) is 4.39. The van der Waals surface area contributed by atoms with Crippen LogP contribution in [0.25, 0.3) is 17.1 Å². The number of carbonyl (C=O) groups is 1. The number of rotatable bonds is 8. The lowest BCUT2D eigenvalue weighted by Crippen LogP contribution is -2.39. The van der Waals surface area contributed by atoms with E-state index in [0.717, 1.165) is 25.2 Å². The minimum absolute atomic E-state index is 0.0505. The molecule has 0 bridgehead atoms. The Kier molecular flexibility index (Phi) is 6.88. The Morgan fingerprint density at radius 3 is 2.82 bits per heavy atom. The third-order valence-electron chi connectivity index (χ3n) is 6.28. The van der Waals surface area contributed by atoms with Gasteiger partial charge in [-0.3, -0.25) is 14.9 Å². The summed E-state index contributed by atoms with van der Waals surface area (Å²) in [6, 6.07) is 12.3. The topological polar surface area (TPSA) is 98.2 Å². The summed E-state index contributed by atoms with van der Waals surface area (Å²) in [6.07, 6.45) is 6.53. The number of nitrogens with zero attached hydrogens (tertiary/aromatic N) is 5. The number of likely N-dealkylation sites (tertiary alicyclic amines) is 1. The van der Waals surface area contributed by atoms with Crippen molar-refractivity contribution in [3.05, 3.63) is 64.5 Å². The number of benzene rings is 1. The summed E-state index contributed by atoms with van der Waals surface area (Å²) in [7, 11) is 1.91. The maximum Gasteiger partial charge on any atom is 0.271 e. The monoisotopic (exact) mass is 450 g/mol. The molecule has 1 aliphatic rings. The van der Waals surface area contributed by atoms with Gasteiger partial charge in [-0.25, -0.2) is 4.68 Å². The number of hydrogen-bond donors (Lipinski definition) is 1. The Balaban J connectivity index is 1.53. The van der Waals surface area contributed by atoms with E-state index in [1.54, 1.807) is 18.2 Å². The van der Waals surface area contributed by atoms with Crippen molar-refractivity contribution in [3.63, 3.8) is 0 Å². The number of hydrogen-bond acceptors (Lipinski definition) is 5. The van der Waals surface area contributed by atoms with Crippen LogP contribution < -0.4 is 5.32 Å². The molecule has 0 spiro atoms. The number of amides is 1. The van der Waals surface area contributed by atoms with Crippen LogP contribution in [0.4, 0.5) is 5.69 Å². The van der Waals surface area contributed by atoms with E-state index in [9.17, 15) is 14.9 Å². The molecule has 0 radical (unpaired) electrons. The van der Waals surface area contributed by atoms with Crippen molar-refractivity contribution >= 4 is 11.6 Å². The largest absolute Gasteiger partial charge is 0.351 e. The highest BCUT2D eigenvalue weighted by Crippen LogP contribution is 2.24. The van der Waals surface area contributed by atoms with Gasteiger partial charge < -0.3 is 14.8 Å². The lowest BCUT2D eigenvalue weighted by molar-refractivity contribution is -0.384. The van der Waals surface area contributed by atoms with Gasteiger partial charge in [-0.15, -0.1) is 0 Å². The highest BCUT2D eigenvalue weighted by molar-refractivity contribution is 5.94. The second-order valence-electron chi connectivity index (χ2n) is 8.60. The number of nitro groups is 1. The van der Waals surface area contributed by atoms with Gasteiger partial charge in [-0.2, -0.15) is 5.10 Å². The van der Waals surface area contributed by atoms with Crippen molar-refractivity contribution in [2.24, 2.45) is 7.05 Å². The number of carbonyl (C=O) groups excluding carboxylic acids is 1. The molecule has 4 rings (SSSR count). The van der Waals surface area contributed by atoms with E-state index < -0.39 is 4.92 Å². The summed E-state index contributed by atoms with van der Waals surface area (Å²) in [6.45, 7) is 4.90. The molecule has 9 nitrogen and oxygen atoms in total. The van der Waals surface area contributed by atoms with E-state index in [1.165, 1.54) is 36.1 Å². The first kappa shape index (κ1) is 22.7. The second kappa shape index (κ2) is 9.99. The van der Waals surface area contributed by atoms with Crippen LogP contribution in [0.5, 0.6) is 0 Å². The molecule has 1 unspecified atom stereocenters. The van der Waals surface area contributed by atoms with Gasteiger partial charge in [0.05, 0.1) is 16.3 Å². The Morgan fingerprint density at radius 2 is 2.09 bits per heavy atom. The SMILES string of the molecule is CC1CCCCN1CCCNC(=O)c1cc(-c2cccn2C)nn1-c1cccc([N+](=O)[O-])c1. The zero-order valence-corrected chi connectivity index (χ0v) is 19.1. The molecule has 9 heteroatoms. The van der Waals surface area contributed by atoms with Crippen LogP contribution in [0, 0.1) is 10.1 Å². The van der Waals surface area contributed by atoms with Crippen LogP contribution in [0.1, 0.15) is 43.1 Å². The van der Waals surface area contributed by atoms with Gasteiger partial charge in [0.2, 0.25) is 0 Å². The number of piperidine rings is 1. The molecular weight excluding hydrogens is 420 g/mol. The van der Waals surface area contributed by atoms with Crippen LogP contribution in [-0.4, -0.2) is 55.8 Å². The quantitative estimate of drug-likeness (QED) is 0.320. The van der Waals surface area contributed by atoms with E-state index in [1.807, 2.05) is 29.9 Å². The van der Waals surface area contributed by atoms with Crippen molar-refractivity contribution in [2.45, 2.75) is 38.6 Å². The van der Waals surface area contributed by atoms with E-state index in [2.05, 4.69) is 22.2 Å². The third kappa shape index (κ3) is 5.14. The molecule has 1 N–H and O–H groups in total.